The molecule has 5 heteroatoms. The van der Waals surface area contributed by atoms with Gasteiger partial charge in [-0.1, -0.05) is 24.3 Å². The Morgan fingerprint density at radius 3 is 2.62 bits per heavy atom. The summed E-state index contributed by atoms with van der Waals surface area (Å²) in [5, 5.41) is 4.16. The second-order valence-electron chi connectivity index (χ2n) is 5.99. The first-order valence-electron chi connectivity index (χ1n) is 7.87. The molecule has 1 aliphatic carbocycles. The minimum Gasteiger partial charge on any atom is -0.355 e. The van der Waals surface area contributed by atoms with E-state index in [2.05, 4.69) is 5.32 Å². The number of hydrogen-bond acceptors (Lipinski definition) is 2. The van der Waals surface area contributed by atoms with Crippen molar-refractivity contribution in [2.45, 2.75) is 25.4 Å². The summed E-state index contributed by atoms with van der Waals surface area (Å²) >= 11 is 0. The van der Waals surface area contributed by atoms with Crippen LogP contribution in [0.25, 0.3) is 10.9 Å². The summed E-state index contributed by atoms with van der Waals surface area (Å²) in [7, 11) is 0. The number of rotatable bonds is 2. The number of nitrogens with zero attached hydrogens (tertiary/aromatic N) is 1. The topological polar surface area (TPSA) is 24.9 Å². The van der Waals surface area contributed by atoms with E-state index in [0.717, 1.165) is 59.2 Å². The number of hydrogen-bond donors (Lipinski definition) is 1. The fraction of sp³-hybridized carbons (Fsp3) is 0.211. The second kappa shape index (κ2) is 5.51. The lowest BCUT2D eigenvalue weighted by atomic mass is 10.1. The maximum absolute atomic E-state index is 12.9. The molecule has 24 heavy (non-hydrogen) atoms. The number of benzene rings is 2. The summed E-state index contributed by atoms with van der Waals surface area (Å²) in [6.45, 7) is 0. The van der Waals surface area contributed by atoms with E-state index in [1.165, 1.54) is 6.07 Å². The third kappa shape index (κ3) is 2.60. The molecule has 0 fully saturated rings. The van der Waals surface area contributed by atoms with Gasteiger partial charge in [-0.2, -0.15) is 13.2 Å². The summed E-state index contributed by atoms with van der Waals surface area (Å²) in [5.74, 6) is 0. The lowest BCUT2D eigenvalue weighted by Crippen LogP contribution is -2.06. The number of halogens is 3. The van der Waals surface area contributed by atoms with Gasteiger partial charge < -0.3 is 5.32 Å². The van der Waals surface area contributed by atoms with Crippen LogP contribution < -0.4 is 5.32 Å². The van der Waals surface area contributed by atoms with Crippen LogP contribution in [0.4, 0.5) is 24.5 Å². The highest BCUT2D eigenvalue weighted by atomic mass is 19.4. The molecule has 0 aliphatic heterocycles. The molecular weight excluding hydrogens is 313 g/mol. The first kappa shape index (κ1) is 15.0. The van der Waals surface area contributed by atoms with Crippen LogP contribution in [-0.2, 0) is 19.0 Å². The van der Waals surface area contributed by atoms with Crippen LogP contribution in [0.3, 0.4) is 0 Å². The first-order chi connectivity index (χ1) is 11.5. The summed E-state index contributed by atoms with van der Waals surface area (Å²) in [6.07, 6.45) is -1.51. The Kier molecular flexibility index (Phi) is 3.44. The fourth-order valence-electron chi connectivity index (χ4n) is 3.27. The number of para-hydroxylation sites is 1. The molecular formula is C19H15F3N2. The number of pyridine rings is 1. The SMILES string of the molecule is FC(F)(F)c1cccc(Nc2c3c(nc4ccccc24)CCC3)c1. The highest BCUT2D eigenvalue weighted by molar-refractivity contribution is 5.95. The van der Waals surface area contributed by atoms with E-state index in [-0.39, 0.29) is 0 Å². The molecule has 1 aromatic heterocycles. The number of nitrogens with one attached hydrogen (secondary N) is 1. The molecule has 122 valence electrons. The molecule has 1 N–H and O–H groups in total. The molecule has 0 unspecified atom stereocenters. The van der Waals surface area contributed by atoms with Crippen molar-refractivity contribution < 1.29 is 13.2 Å². The molecule has 4 rings (SSSR count). The van der Waals surface area contributed by atoms with Gasteiger partial charge in [0, 0.05) is 16.8 Å². The van der Waals surface area contributed by atoms with Crippen LogP contribution in [-0.4, -0.2) is 4.98 Å². The number of anilines is 2. The molecule has 1 heterocycles. The van der Waals surface area contributed by atoms with E-state index in [1.807, 2.05) is 24.3 Å². The van der Waals surface area contributed by atoms with Gasteiger partial charge in [-0.3, -0.25) is 4.98 Å². The summed E-state index contributed by atoms with van der Waals surface area (Å²) in [4.78, 5) is 4.69. The van der Waals surface area contributed by atoms with Crippen LogP contribution in [0.1, 0.15) is 23.2 Å². The summed E-state index contributed by atoms with van der Waals surface area (Å²) in [5.41, 5.74) is 3.70. The minimum absolute atomic E-state index is 0.440. The Morgan fingerprint density at radius 2 is 1.79 bits per heavy atom. The van der Waals surface area contributed by atoms with Crippen molar-refractivity contribution in [3.05, 3.63) is 65.4 Å². The molecule has 2 aromatic carbocycles. The lowest BCUT2D eigenvalue weighted by Gasteiger charge is -2.16. The molecule has 0 bridgehead atoms. The van der Waals surface area contributed by atoms with Crippen molar-refractivity contribution in [3.63, 3.8) is 0 Å². The average Bonchev–Trinajstić information content (AvgIpc) is 3.02. The first-order valence-corrected chi connectivity index (χ1v) is 7.87. The third-order valence-electron chi connectivity index (χ3n) is 4.38. The second-order valence-corrected chi connectivity index (χ2v) is 5.99. The highest BCUT2D eigenvalue weighted by Gasteiger charge is 2.30. The maximum atomic E-state index is 12.9. The normalized spacial score (nSPS) is 14.0. The van der Waals surface area contributed by atoms with Crippen LogP contribution in [0.15, 0.2) is 48.5 Å². The largest absolute Gasteiger partial charge is 0.416 e. The quantitative estimate of drug-likeness (QED) is 0.673. The molecule has 0 atom stereocenters. The number of alkyl halides is 3. The molecule has 0 spiro atoms. The Hall–Kier alpha value is -2.56. The summed E-state index contributed by atoms with van der Waals surface area (Å²) < 4.78 is 38.8. The van der Waals surface area contributed by atoms with Crippen molar-refractivity contribution in [3.8, 4) is 0 Å². The van der Waals surface area contributed by atoms with Gasteiger partial charge in [-0.05, 0) is 49.1 Å². The monoisotopic (exact) mass is 328 g/mol. The van der Waals surface area contributed by atoms with Gasteiger partial charge in [0.25, 0.3) is 0 Å². The lowest BCUT2D eigenvalue weighted by molar-refractivity contribution is -0.137. The minimum atomic E-state index is -4.35. The zero-order valence-electron chi connectivity index (χ0n) is 12.8. The predicted octanol–water partition coefficient (Wildman–Crippen LogP) is 5.49. The average molecular weight is 328 g/mol. The van der Waals surface area contributed by atoms with Gasteiger partial charge >= 0.3 is 6.18 Å². The van der Waals surface area contributed by atoms with Crippen LogP contribution >= 0.6 is 0 Å². The molecule has 3 aromatic rings. The molecule has 1 aliphatic rings. The van der Waals surface area contributed by atoms with Crippen molar-refractivity contribution in [1.29, 1.82) is 0 Å². The maximum Gasteiger partial charge on any atom is 0.416 e. The Morgan fingerprint density at radius 1 is 0.958 bits per heavy atom. The Balaban J connectivity index is 1.83. The van der Waals surface area contributed by atoms with Crippen molar-refractivity contribution in [2.24, 2.45) is 0 Å². The smallest absolute Gasteiger partial charge is 0.355 e. The van der Waals surface area contributed by atoms with E-state index in [9.17, 15) is 13.2 Å². The standard InChI is InChI=1S/C19H15F3N2/c20-19(21,22)12-5-3-6-13(11-12)23-18-14-7-1-2-9-16(14)24-17-10-4-8-15(17)18/h1-3,5-7,9,11H,4,8,10H2,(H,23,24). The van der Waals surface area contributed by atoms with E-state index in [0.29, 0.717) is 5.69 Å². The van der Waals surface area contributed by atoms with E-state index >= 15 is 0 Å². The van der Waals surface area contributed by atoms with Crippen LogP contribution in [0.5, 0.6) is 0 Å². The fourth-order valence-corrected chi connectivity index (χ4v) is 3.27. The number of aryl methyl sites for hydroxylation is 1. The Labute approximate surface area is 137 Å². The van der Waals surface area contributed by atoms with E-state index < -0.39 is 11.7 Å². The van der Waals surface area contributed by atoms with Gasteiger partial charge in [-0.25, -0.2) is 0 Å². The molecule has 2 nitrogen and oxygen atoms in total. The van der Waals surface area contributed by atoms with Crippen molar-refractivity contribution >= 4 is 22.3 Å². The van der Waals surface area contributed by atoms with Crippen molar-refractivity contribution in [2.75, 3.05) is 5.32 Å². The molecule has 0 radical (unpaired) electrons. The van der Waals surface area contributed by atoms with Gasteiger partial charge in [0.15, 0.2) is 0 Å². The Bertz CT molecular complexity index is 916. The van der Waals surface area contributed by atoms with Crippen molar-refractivity contribution in [1.82, 2.24) is 4.98 Å². The van der Waals surface area contributed by atoms with Crippen LogP contribution in [0, 0.1) is 0 Å². The van der Waals surface area contributed by atoms with E-state index in [4.69, 9.17) is 4.98 Å². The number of fused-ring (bicyclic) bond motifs is 2. The molecule has 0 saturated heterocycles. The zero-order chi connectivity index (χ0) is 16.7. The molecule has 0 amide bonds. The van der Waals surface area contributed by atoms with Crippen LogP contribution in [0.2, 0.25) is 0 Å². The molecule has 0 saturated carbocycles. The van der Waals surface area contributed by atoms with Gasteiger partial charge in [0.05, 0.1) is 16.8 Å². The van der Waals surface area contributed by atoms with Gasteiger partial charge in [0.2, 0.25) is 0 Å². The highest BCUT2D eigenvalue weighted by Crippen LogP contribution is 2.37. The number of aromatic nitrogens is 1. The summed E-state index contributed by atoms with van der Waals surface area (Å²) in [6, 6.07) is 13.0. The zero-order valence-corrected chi connectivity index (χ0v) is 12.8. The predicted molar refractivity (Wildman–Crippen MR) is 88.5 cm³/mol. The van der Waals surface area contributed by atoms with Gasteiger partial charge in [-0.15, -0.1) is 0 Å². The third-order valence-corrected chi connectivity index (χ3v) is 4.38. The van der Waals surface area contributed by atoms with Gasteiger partial charge in [0.1, 0.15) is 0 Å². The van der Waals surface area contributed by atoms with E-state index in [1.54, 1.807) is 6.07 Å².